The minimum atomic E-state index is -4.38. The number of anilines is 1. The van der Waals surface area contributed by atoms with Gasteiger partial charge in [-0.05, 0) is 17.7 Å². The second-order valence-electron chi connectivity index (χ2n) is 6.86. The van der Waals surface area contributed by atoms with Crippen molar-refractivity contribution in [3.8, 4) is 5.75 Å². The smallest absolute Gasteiger partial charge is 0.445 e. The van der Waals surface area contributed by atoms with Gasteiger partial charge in [0.2, 0.25) is 0 Å². The lowest BCUT2D eigenvalue weighted by atomic mass is 10.2. The quantitative estimate of drug-likeness (QED) is 0.561. The Balaban J connectivity index is 1.51. The van der Waals surface area contributed by atoms with E-state index in [9.17, 15) is 13.2 Å². The first-order valence-electron chi connectivity index (χ1n) is 9.49. The standard InChI is InChI=1S/C21H21N3O5S/c25-21(28-15-17-6-2-1-3-7-17)30(26,27)24-14-18(10-12-23-13-11-22-16-23)29-20-9-5-4-8-19(20)24/h1-9,11,13,16,18H,10,12,14-15H2/t18-/m0/s1. The Bertz CT molecular complexity index is 1100. The van der Waals surface area contributed by atoms with Gasteiger partial charge in [-0.2, -0.15) is 8.42 Å². The summed E-state index contributed by atoms with van der Waals surface area (Å²) in [4.78, 5) is 16.5. The Morgan fingerprint density at radius 3 is 2.67 bits per heavy atom. The highest BCUT2D eigenvalue weighted by Gasteiger charge is 2.38. The molecule has 1 aromatic heterocycles. The topological polar surface area (TPSA) is 90.7 Å². The maximum Gasteiger partial charge on any atom is 0.445 e. The molecule has 4 rings (SSSR count). The van der Waals surface area contributed by atoms with Crippen molar-refractivity contribution in [3.63, 3.8) is 0 Å². The van der Waals surface area contributed by atoms with E-state index in [0.717, 1.165) is 4.31 Å². The van der Waals surface area contributed by atoms with Gasteiger partial charge in [0.05, 0.1) is 18.6 Å². The zero-order valence-corrected chi connectivity index (χ0v) is 16.9. The van der Waals surface area contributed by atoms with Crippen molar-refractivity contribution in [3.05, 3.63) is 78.9 Å². The molecular formula is C21H21N3O5S. The average Bonchev–Trinajstić information content (AvgIpc) is 3.30. The number of hydrogen-bond donors (Lipinski definition) is 0. The van der Waals surface area contributed by atoms with Gasteiger partial charge in [0.15, 0.2) is 0 Å². The number of rotatable bonds is 6. The van der Waals surface area contributed by atoms with E-state index in [4.69, 9.17) is 9.47 Å². The maximum absolute atomic E-state index is 13.0. The summed E-state index contributed by atoms with van der Waals surface area (Å²) in [6, 6.07) is 15.7. The van der Waals surface area contributed by atoms with Crippen molar-refractivity contribution in [1.82, 2.24) is 9.55 Å². The number of fused-ring (bicyclic) bond motifs is 1. The number of aryl methyl sites for hydroxylation is 1. The number of para-hydroxylation sites is 2. The number of aromatic nitrogens is 2. The van der Waals surface area contributed by atoms with Crippen LogP contribution >= 0.6 is 0 Å². The van der Waals surface area contributed by atoms with Gasteiger partial charge in [0.1, 0.15) is 18.5 Å². The van der Waals surface area contributed by atoms with E-state index >= 15 is 0 Å². The number of sulfonamides is 1. The molecule has 3 aromatic rings. The summed E-state index contributed by atoms with van der Waals surface area (Å²) < 4.78 is 40.1. The molecule has 0 saturated carbocycles. The maximum atomic E-state index is 13.0. The summed E-state index contributed by atoms with van der Waals surface area (Å²) in [6.45, 7) is 0.516. The first-order chi connectivity index (χ1) is 14.5. The second-order valence-corrected chi connectivity index (χ2v) is 8.58. The van der Waals surface area contributed by atoms with Gasteiger partial charge in [-0.15, -0.1) is 0 Å². The summed E-state index contributed by atoms with van der Waals surface area (Å²) in [5, 5.41) is -1.28. The molecule has 1 atom stereocenters. The monoisotopic (exact) mass is 427 g/mol. The average molecular weight is 427 g/mol. The number of carbonyl (C=O) groups is 1. The molecule has 2 heterocycles. The Morgan fingerprint density at radius 1 is 1.13 bits per heavy atom. The van der Waals surface area contributed by atoms with Crippen molar-refractivity contribution in [2.24, 2.45) is 0 Å². The van der Waals surface area contributed by atoms with Crippen LogP contribution in [0.4, 0.5) is 10.5 Å². The van der Waals surface area contributed by atoms with Crippen molar-refractivity contribution in [2.75, 3.05) is 10.8 Å². The fraction of sp³-hybridized carbons (Fsp3) is 0.238. The van der Waals surface area contributed by atoms with Gasteiger partial charge in [0, 0.05) is 25.4 Å². The van der Waals surface area contributed by atoms with Gasteiger partial charge >= 0.3 is 15.3 Å². The van der Waals surface area contributed by atoms with E-state index in [-0.39, 0.29) is 13.2 Å². The third-order valence-corrected chi connectivity index (χ3v) is 6.23. The molecular weight excluding hydrogens is 406 g/mol. The lowest BCUT2D eigenvalue weighted by molar-refractivity contribution is 0.164. The molecule has 0 spiro atoms. The van der Waals surface area contributed by atoms with Gasteiger partial charge < -0.3 is 14.0 Å². The van der Waals surface area contributed by atoms with Crippen molar-refractivity contribution in [1.29, 1.82) is 0 Å². The zero-order valence-electron chi connectivity index (χ0n) is 16.1. The summed E-state index contributed by atoms with van der Waals surface area (Å²) in [5.41, 5.74) is 1.04. The Morgan fingerprint density at radius 2 is 1.90 bits per heavy atom. The summed E-state index contributed by atoms with van der Waals surface area (Å²) in [6.07, 6.45) is 5.32. The minimum Gasteiger partial charge on any atom is -0.486 e. The van der Waals surface area contributed by atoms with Gasteiger partial charge in [0.25, 0.3) is 0 Å². The predicted octanol–water partition coefficient (Wildman–Crippen LogP) is 3.21. The van der Waals surface area contributed by atoms with Crippen LogP contribution in [0.3, 0.4) is 0 Å². The Labute approximate surface area is 174 Å². The van der Waals surface area contributed by atoms with Crippen LogP contribution in [-0.2, 0) is 27.9 Å². The molecule has 156 valence electrons. The number of carbonyl (C=O) groups excluding carboxylic acids is 1. The Hall–Kier alpha value is -3.33. The van der Waals surface area contributed by atoms with Crippen molar-refractivity contribution >= 4 is 21.0 Å². The van der Waals surface area contributed by atoms with Crippen LogP contribution in [0, 0.1) is 0 Å². The zero-order chi connectivity index (χ0) is 21.0. The molecule has 0 radical (unpaired) electrons. The first-order valence-corrected chi connectivity index (χ1v) is 10.9. The van der Waals surface area contributed by atoms with Crippen molar-refractivity contribution in [2.45, 2.75) is 25.7 Å². The lowest BCUT2D eigenvalue weighted by Crippen LogP contribution is -2.46. The van der Waals surface area contributed by atoms with Crippen LogP contribution in [-0.4, -0.2) is 35.9 Å². The molecule has 0 fully saturated rings. The molecule has 0 amide bonds. The molecule has 9 heteroatoms. The third-order valence-electron chi connectivity index (χ3n) is 4.77. The number of hydrogen-bond acceptors (Lipinski definition) is 6. The number of nitrogens with zero attached hydrogens (tertiary/aromatic N) is 3. The van der Waals surface area contributed by atoms with E-state index in [1.165, 1.54) is 0 Å². The molecule has 1 aliphatic rings. The van der Waals surface area contributed by atoms with Crippen LogP contribution in [0.1, 0.15) is 12.0 Å². The highest BCUT2D eigenvalue weighted by molar-refractivity contribution is 8.06. The van der Waals surface area contributed by atoms with E-state index in [0.29, 0.717) is 30.0 Å². The largest absolute Gasteiger partial charge is 0.486 e. The molecule has 0 N–H and O–H groups in total. The van der Waals surface area contributed by atoms with Crippen molar-refractivity contribution < 1.29 is 22.7 Å². The van der Waals surface area contributed by atoms with E-state index in [1.807, 2.05) is 16.8 Å². The highest BCUT2D eigenvalue weighted by Crippen LogP contribution is 2.36. The Kier molecular flexibility index (Phi) is 5.71. The second kappa shape index (κ2) is 8.58. The first kappa shape index (κ1) is 20.0. The number of benzene rings is 2. The van der Waals surface area contributed by atoms with Gasteiger partial charge in [-0.1, -0.05) is 42.5 Å². The molecule has 0 aliphatic carbocycles. The van der Waals surface area contributed by atoms with Crippen LogP contribution in [0.15, 0.2) is 73.3 Å². The molecule has 30 heavy (non-hydrogen) atoms. The fourth-order valence-electron chi connectivity index (χ4n) is 3.23. The van der Waals surface area contributed by atoms with Gasteiger partial charge in [-0.25, -0.2) is 9.78 Å². The summed E-state index contributed by atoms with van der Waals surface area (Å²) in [7, 11) is -4.38. The predicted molar refractivity (Wildman–Crippen MR) is 111 cm³/mol. The van der Waals surface area contributed by atoms with Crippen LogP contribution in [0.2, 0.25) is 0 Å². The molecule has 0 saturated heterocycles. The van der Waals surface area contributed by atoms with E-state index in [2.05, 4.69) is 4.98 Å². The molecule has 0 unspecified atom stereocenters. The van der Waals surface area contributed by atoms with E-state index < -0.39 is 21.4 Å². The van der Waals surface area contributed by atoms with Crippen LogP contribution in [0.5, 0.6) is 5.75 Å². The summed E-state index contributed by atoms with van der Waals surface area (Å²) in [5.74, 6) is 0.416. The molecule has 1 aliphatic heterocycles. The van der Waals surface area contributed by atoms with E-state index in [1.54, 1.807) is 61.1 Å². The lowest BCUT2D eigenvalue weighted by Gasteiger charge is -2.34. The van der Waals surface area contributed by atoms with Gasteiger partial charge in [-0.3, -0.25) is 4.31 Å². The highest BCUT2D eigenvalue weighted by atomic mass is 32.2. The third kappa shape index (κ3) is 4.30. The number of imidazole rings is 1. The fourth-order valence-corrected chi connectivity index (χ4v) is 4.39. The van der Waals surface area contributed by atoms with Crippen LogP contribution in [0.25, 0.3) is 0 Å². The number of ether oxygens (including phenoxy) is 2. The SMILES string of the molecule is O=C(OCc1ccccc1)S(=O)(=O)N1C[C@H](CCn2ccnc2)Oc2ccccc21. The normalized spacial score (nSPS) is 15.9. The van der Waals surface area contributed by atoms with Crippen LogP contribution < -0.4 is 9.04 Å². The minimum absolute atomic E-state index is 0.0223. The molecule has 8 nitrogen and oxygen atoms in total. The summed E-state index contributed by atoms with van der Waals surface area (Å²) >= 11 is 0. The molecule has 2 aromatic carbocycles. The molecule has 0 bridgehead atoms.